The molecular weight excluding hydrogens is 680 g/mol. The van der Waals surface area contributed by atoms with Crippen molar-refractivity contribution in [2.45, 2.75) is 57.7 Å². The van der Waals surface area contributed by atoms with Gasteiger partial charge in [0.25, 0.3) is 0 Å². The monoisotopic (exact) mass is 726 g/mol. The molecule has 53 heavy (non-hydrogen) atoms. The van der Waals surface area contributed by atoms with E-state index in [4.69, 9.17) is 23.9 Å². The second kappa shape index (κ2) is 16.1. The molecule has 0 saturated carbocycles. The van der Waals surface area contributed by atoms with E-state index in [0.29, 0.717) is 30.4 Å². The van der Waals surface area contributed by atoms with Gasteiger partial charge in [-0.05, 0) is 56.3 Å². The van der Waals surface area contributed by atoms with E-state index in [0.717, 1.165) is 71.7 Å². The number of H-pyrrole nitrogens is 2. The molecule has 15 nitrogen and oxygen atoms in total. The van der Waals surface area contributed by atoms with Crippen LogP contribution in [0.15, 0.2) is 48.8 Å². The molecule has 15 heteroatoms. The van der Waals surface area contributed by atoms with E-state index in [1.54, 1.807) is 11.1 Å². The van der Waals surface area contributed by atoms with Crippen molar-refractivity contribution in [3.05, 3.63) is 60.4 Å². The molecule has 2 fully saturated rings. The van der Waals surface area contributed by atoms with E-state index in [9.17, 15) is 14.4 Å². The van der Waals surface area contributed by atoms with Gasteiger partial charge in [-0.25, -0.2) is 19.6 Å². The number of anilines is 1. The zero-order valence-electron chi connectivity index (χ0n) is 30.2. The summed E-state index contributed by atoms with van der Waals surface area (Å²) in [7, 11) is 1.28. The molecule has 0 radical (unpaired) electrons. The van der Waals surface area contributed by atoms with Crippen LogP contribution in [0, 0.1) is 5.92 Å². The van der Waals surface area contributed by atoms with Crippen molar-refractivity contribution in [2.24, 2.45) is 5.92 Å². The quantitative estimate of drug-likeness (QED) is 0.162. The number of carbonyl (C=O) groups is 3. The summed E-state index contributed by atoms with van der Waals surface area (Å²) in [4.78, 5) is 56.6. The fourth-order valence-electron chi connectivity index (χ4n) is 7.16. The molecule has 0 spiro atoms. The predicted molar refractivity (Wildman–Crippen MR) is 196 cm³/mol. The summed E-state index contributed by atoms with van der Waals surface area (Å²) in [5.74, 6) is 1.84. The Morgan fingerprint density at radius 2 is 1.62 bits per heavy atom. The highest BCUT2D eigenvalue weighted by Crippen LogP contribution is 2.40. The van der Waals surface area contributed by atoms with Crippen molar-refractivity contribution < 1.29 is 33.3 Å². The minimum Gasteiger partial charge on any atom is -0.491 e. The van der Waals surface area contributed by atoms with Gasteiger partial charge in [0.2, 0.25) is 5.91 Å². The Balaban J connectivity index is 1.18. The van der Waals surface area contributed by atoms with E-state index >= 15 is 0 Å². The summed E-state index contributed by atoms with van der Waals surface area (Å²) in [5.41, 5.74) is 5.34. The molecule has 3 atom stereocenters. The Hall–Kier alpha value is -5.41. The molecule has 0 bridgehead atoms. The van der Waals surface area contributed by atoms with E-state index in [1.165, 1.54) is 7.11 Å². The minimum absolute atomic E-state index is 0.0995. The number of methoxy groups -OCH3 is 1. The number of hydrogen-bond acceptors (Lipinski definition) is 10. The van der Waals surface area contributed by atoms with Gasteiger partial charge in [0.1, 0.15) is 36.7 Å². The number of rotatable bonds is 7. The highest BCUT2D eigenvalue weighted by Gasteiger charge is 2.37. The van der Waals surface area contributed by atoms with Gasteiger partial charge >= 0.3 is 12.2 Å². The van der Waals surface area contributed by atoms with Crippen LogP contribution in [0.2, 0.25) is 0 Å². The van der Waals surface area contributed by atoms with Gasteiger partial charge in [-0.1, -0.05) is 32.0 Å². The molecule has 5 N–H and O–H groups in total. The Bertz CT molecular complexity index is 1930. The first kappa shape index (κ1) is 36.0. The van der Waals surface area contributed by atoms with Crippen LogP contribution >= 0.6 is 0 Å². The molecule has 0 unspecified atom stereocenters. The second-order valence-electron chi connectivity index (χ2n) is 13.8. The van der Waals surface area contributed by atoms with Crippen LogP contribution < -0.4 is 20.7 Å². The Labute approximate surface area is 307 Å². The van der Waals surface area contributed by atoms with Gasteiger partial charge in [0.05, 0.1) is 61.9 Å². The van der Waals surface area contributed by atoms with E-state index in [1.807, 2.05) is 56.4 Å². The Morgan fingerprint density at radius 1 is 0.906 bits per heavy atom. The SMILES string of the molecule is COC(=O)N[C@H](C(=O)N1CCC[C@H]1c1ncc(-c2ccc3c(c2)OCCOCCOC(=O)Nc2cc(-c4cnc([C@@H]5CCCN5)[nH]4)ccc2-3)[nH]1)C(C)C. The number of cyclic esters (lactones) is 1. The van der Waals surface area contributed by atoms with E-state index in [-0.39, 0.29) is 43.7 Å². The van der Waals surface area contributed by atoms with Gasteiger partial charge in [-0.15, -0.1) is 0 Å². The maximum Gasteiger partial charge on any atom is 0.411 e. The number of fused-ring (bicyclic) bond motifs is 3. The molecule has 3 aliphatic heterocycles. The molecule has 280 valence electrons. The standard InChI is InChI=1S/C38H46N8O7/c1-22(2)33(45-37(48)50-3)36(47)46-13-5-7-31(46)35-41-21-30(43-35)24-9-11-26-25-10-8-23(29-20-40-34(42-29)27-6-4-12-39-27)18-28(25)44-38(49)53-17-15-51-14-16-52-32(26)19-24/h8-11,18-22,27,31,33,39H,4-7,12-17H2,1-3H3,(H,40,42)(H,41,43)(H,44,49)(H,45,48)/t27-,31-,33-/m0/s1. The molecule has 4 aromatic rings. The topological polar surface area (TPSA) is 185 Å². The number of benzene rings is 2. The molecule has 2 aromatic heterocycles. The molecule has 0 aliphatic carbocycles. The van der Waals surface area contributed by atoms with Crippen molar-refractivity contribution in [1.29, 1.82) is 0 Å². The molecule has 3 amide bonds. The van der Waals surface area contributed by atoms with Crippen LogP contribution in [0.3, 0.4) is 0 Å². The molecule has 2 saturated heterocycles. The third-order valence-corrected chi connectivity index (χ3v) is 9.92. The van der Waals surface area contributed by atoms with E-state index < -0.39 is 18.2 Å². The Kier molecular flexibility index (Phi) is 10.9. The average molecular weight is 727 g/mol. The third-order valence-electron chi connectivity index (χ3n) is 9.92. The minimum atomic E-state index is -0.722. The van der Waals surface area contributed by atoms with Crippen LogP contribution in [0.5, 0.6) is 5.75 Å². The summed E-state index contributed by atoms with van der Waals surface area (Å²) in [6.07, 6.45) is 6.03. The summed E-state index contributed by atoms with van der Waals surface area (Å²) in [6, 6.07) is 10.9. The number of aromatic nitrogens is 4. The summed E-state index contributed by atoms with van der Waals surface area (Å²) < 4.78 is 22.2. The molecule has 2 aromatic carbocycles. The van der Waals surface area contributed by atoms with Crippen LogP contribution in [0.25, 0.3) is 33.6 Å². The lowest BCUT2D eigenvalue weighted by atomic mass is 9.97. The lowest BCUT2D eigenvalue weighted by Crippen LogP contribution is -2.51. The second-order valence-corrected chi connectivity index (χ2v) is 13.8. The van der Waals surface area contributed by atoms with Crippen LogP contribution in [-0.4, -0.2) is 95.6 Å². The number of likely N-dealkylation sites (tertiary alicyclic amines) is 1. The fraction of sp³-hybridized carbons (Fsp3) is 0.447. The summed E-state index contributed by atoms with van der Waals surface area (Å²) in [6.45, 7) is 6.22. The highest BCUT2D eigenvalue weighted by atomic mass is 16.6. The first-order valence-electron chi connectivity index (χ1n) is 18.2. The zero-order chi connectivity index (χ0) is 36.9. The normalized spacial score (nSPS) is 19.8. The molecule has 3 aliphatic rings. The van der Waals surface area contributed by atoms with Crippen molar-refractivity contribution in [1.82, 2.24) is 35.5 Å². The van der Waals surface area contributed by atoms with Crippen LogP contribution in [0.1, 0.15) is 63.3 Å². The Morgan fingerprint density at radius 3 is 2.36 bits per heavy atom. The average Bonchev–Trinajstić information content (AvgIpc) is 3.99. The maximum atomic E-state index is 13.7. The van der Waals surface area contributed by atoms with Gasteiger partial charge in [0.15, 0.2) is 0 Å². The maximum absolute atomic E-state index is 13.7. The number of hydrogen-bond donors (Lipinski definition) is 5. The number of nitrogens with one attached hydrogen (secondary N) is 5. The number of nitrogens with zero attached hydrogens (tertiary/aromatic N) is 3. The number of alkyl carbamates (subject to hydrolysis) is 1. The predicted octanol–water partition coefficient (Wildman–Crippen LogP) is 5.56. The lowest BCUT2D eigenvalue weighted by Gasteiger charge is -2.30. The third kappa shape index (κ3) is 8.00. The molecule has 7 rings (SSSR count). The number of imidazole rings is 2. The number of ether oxygens (including phenoxy) is 4. The number of carbonyl (C=O) groups excluding carboxylic acids is 3. The summed E-state index contributed by atoms with van der Waals surface area (Å²) in [5, 5.41) is 9.10. The molecule has 5 heterocycles. The number of amides is 3. The molecular formula is C38H46N8O7. The lowest BCUT2D eigenvalue weighted by molar-refractivity contribution is -0.135. The first-order chi connectivity index (χ1) is 25.8. The largest absolute Gasteiger partial charge is 0.491 e. The van der Waals surface area contributed by atoms with Crippen molar-refractivity contribution >= 4 is 23.8 Å². The highest BCUT2D eigenvalue weighted by molar-refractivity contribution is 5.95. The van der Waals surface area contributed by atoms with E-state index in [2.05, 4.69) is 30.9 Å². The van der Waals surface area contributed by atoms with Crippen molar-refractivity contribution in [2.75, 3.05) is 51.9 Å². The first-order valence-corrected chi connectivity index (χ1v) is 18.2. The fourth-order valence-corrected chi connectivity index (χ4v) is 7.16. The zero-order valence-corrected chi connectivity index (χ0v) is 30.2. The van der Waals surface area contributed by atoms with Gasteiger partial charge in [-0.2, -0.15) is 0 Å². The van der Waals surface area contributed by atoms with Gasteiger partial charge < -0.3 is 44.4 Å². The van der Waals surface area contributed by atoms with Crippen LogP contribution in [-0.2, 0) is 19.0 Å². The number of aromatic amines is 2. The van der Waals surface area contributed by atoms with Crippen LogP contribution in [0.4, 0.5) is 15.3 Å². The summed E-state index contributed by atoms with van der Waals surface area (Å²) >= 11 is 0. The van der Waals surface area contributed by atoms with Gasteiger partial charge in [0, 0.05) is 28.8 Å². The smallest absolute Gasteiger partial charge is 0.411 e. The van der Waals surface area contributed by atoms with Crippen molar-refractivity contribution in [3.63, 3.8) is 0 Å². The van der Waals surface area contributed by atoms with Crippen molar-refractivity contribution in [3.8, 4) is 39.4 Å². The van der Waals surface area contributed by atoms with Gasteiger partial charge in [-0.3, -0.25) is 10.1 Å².